The minimum absolute atomic E-state index is 0.00513. The zero-order valence-electron chi connectivity index (χ0n) is 13.0. The summed E-state index contributed by atoms with van der Waals surface area (Å²) in [6.45, 7) is 7.78. The molecular weight excluding hydrogens is 286 g/mol. The van der Waals surface area contributed by atoms with Gasteiger partial charge in [0.15, 0.2) is 5.16 Å². The van der Waals surface area contributed by atoms with Crippen LogP contribution in [0.1, 0.15) is 27.7 Å². The lowest BCUT2D eigenvalue weighted by atomic mass is 10.1. The van der Waals surface area contributed by atoms with Crippen LogP contribution < -0.4 is 10.1 Å². The van der Waals surface area contributed by atoms with Gasteiger partial charge in [-0.3, -0.25) is 4.79 Å². The molecular formula is C15H21N3O2S. The van der Waals surface area contributed by atoms with Gasteiger partial charge < -0.3 is 15.0 Å². The van der Waals surface area contributed by atoms with Crippen LogP contribution in [0.3, 0.4) is 0 Å². The number of hydrogen-bond donors (Lipinski definition) is 2. The number of carbonyl (C=O) groups is 1. The maximum atomic E-state index is 12.1. The lowest BCUT2D eigenvalue weighted by Crippen LogP contribution is -2.44. The summed E-state index contributed by atoms with van der Waals surface area (Å²) < 4.78 is 5.19. The Kier molecular flexibility index (Phi) is 4.46. The van der Waals surface area contributed by atoms with Gasteiger partial charge in [-0.2, -0.15) is 0 Å². The van der Waals surface area contributed by atoms with Crippen LogP contribution in [0.2, 0.25) is 0 Å². The Bertz CT molecular complexity index is 646. The molecule has 1 heterocycles. The fraction of sp³-hybridized carbons (Fsp3) is 0.467. The van der Waals surface area contributed by atoms with Crippen LogP contribution >= 0.6 is 11.8 Å². The summed E-state index contributed by atoms with van der Waals surface area (Å²) in [5, 5.41) is 3.48. The third kappa shape index (κ3) is 4.14. The van der Waals surface area contributed by atoms with E-state index >= 15 is 0 Å². The number of aromatic nitrogens is 2. The quantitative estimate of drug-likeness (QED) is 0.852. The number of thioether (sulfide) groups is 1. The van der Waals surface area contributed by atoms with E-state index in [2.05, 4.69) is 15.3 Å². The van der Waals surface area contributed by atoms with Gasteiger partial charge in [0.1, 0.15) is 5.75 Å². The second kappa shape index (κ2) is 5.97. The molecule has 1 aromatic heterocycles. The largest absolute Gasteiger partial charge is 0.497 e. The Morgan fingerprint density at radius 3 is 2.76 bits per heavy atom. The lowest BCUT2D eigenvalue weighted by molar-refractivity contribution is -0.121. The number of nitrogens with zero attached hydrogens (tertiary/aromatic N) is 1. The summed E-state index contributed by atoms with van der Waals surface area (Å²) in [6.07, 6.45) is 0. The van der Waals surface area contributed by atoms with Crippen LogP contribution in [0.15, 0.2) is 23.4 Å². The molecule has 0 radical (unpaired) electrons. The fourth-order valence-electron chi connectivity index (χ4n) is 1.84. The van der Waals surface area contributed by atoms with Gasteiger partial charge >= 0.3 is 0 Å². The van der Waals surface area contributed by atoms with Gasteiger partial charge in [0.2, 0.25) is 5.91 Å². The average Bonchev–Trinajstić information content (AvgIpc) is 2.77. The number of hydrogen-bond acceptors (Lipinski definition) is 4. The highest BCUT2D eigenvalue weighted by Crippen LogP contribution is 2.26. The average molecular weight is 307 g/mol. The van der Waals surface area contributed by atoms with Crippen molar-refractivity contribution in [3.63, 3.8) is 0 Å². The Balaban J connectivity index is 2.10. The second-order valence-corrected chi connectivity index (χ2v) is 7.25. The van der Waals surface area contributed by atoms with Gasteiger partial charge in [0, 0.05) is 11.6 Å². The van der Waals surface area contributed by atoms with Gasteiger partial charge in [-0.05, 0) is 39.8 Å². The number of ether oxygens (including phenoxy) is 1. The molecule has 114 valence electrons. The highest BCUT2D eigenvalue weighted by molar-refractivity contribution is 8.00. The number of amides is 1. The Morgan fingerprint density at radius 1 is 1.43 bits per heavy atom. The molecule has 0 aliphatic heterocycles. The highest BCUT2D eigenvalue weighted by Gasteiger charge is 2.21. The molecule has 1 aromatic carbocycles. The summed E-state index contributed by atoms with van der Waals surface area (Å²) in [7, 11) is 1.63. The maximum absolute atomic E-state index is 12.1. The zero-order valence-corrected chi connectivity index (χ0v) is 13.8. The molecule has 1 atom stereocenters. The van der Waals surface area contributed by atoms with Gasteiger partial charge in [-0.1, -0.05) is 11.8 Å². The van der Waals surface area contributed by atoms with E-state index in [4.69, 9.17) is 4.74 Å². The predicted molar refractivity (Wildman–Crippen MR) is 85.9 cm³/mol. The lowest BCUT2D eigenvalue weighted by Gasteiger charge is -2.22. The molecule has 0 saturated carbocycles. The molecule has 2 rings (SSSR count). The molecule has 5 nitrogen and oxygen atoms in total. The molecule has 1 amide bonds. The van der Waals surface area contributed by atoms with E-state index in [-0.39, 0.29) is 16.7 Å². The molecule has 1 unspecified atom stereocenters. The number of fused-ring (bicyclic) bond motifs is 1. The Hall–Kier alpha value is -1.69. The minimum Gasteiger partial charge on any atom is -0.497 e. The first-order chi connectivity index (χ1) is 9.78. The highest BCUT2D eigenvalue weighted by atomic mass is 32.2. The molecule has 0 bridgehead atoms. The van der Waals surface area contributed by atoms with Crippen LogP contribution in [-0.2, 0) is 4.79 Å². The SMILES string of the molecule is COc1ccc2nc(SC(C)C(=O)NC(C)(C)C)[nH]c2c1. The summed E-state index contributed by atoms with van der Waals surface area (Å²) in [5.41, 5.74) is 1.54. The van der Waals surface area contributed by atoms with E-state index in [1.807, 2.05) is 45.9 Å². The summed E-state index contributed by atoms with van der Waals surface area (Å²) >= 11 is 1.41. The van der Waals surface area contributed by atoms with Crippen molar-refractivity contribution in [2.45, 2.75) is 43.6 Å². The predicted octanol–water partition coefficient (Wildman–Crippen LogP) is 2.97. The van der Waals surface area contributed by atoms with Crippen molar-refractivity contribution in [3.05, 3.63) is 18.2 Å². The number of nitrogens with one attached hydrogen (secondary N) is 2. The molecule has 0 fully saturated rings. The van der Waals surface area contributed by atoms with E-state index in [0.29, 0.717) is 0 Å². The number of methoxy groups -OCH3 is 1. The van der Waals surface area contributed by atoms with E-state index in [9.17, 15) is 4.79 Å². The Labute approximate surface area is 128 Å². The number of imidazole rings is 1. The van der Waals surface area contributed by atoms with Crippen LogP contribution in [0.25, 0.3) is 11.0 Å². The first-order valence-corrected chi connectivity index (χ1v) is 7.69. The summed E-state index contributed by atoms with van der Waals surface area (Å²) in [6, 6.07) is 5.66. The third-order valence-electron chi connectivity index (χ3n) is 2.82. The van der Waals surface area contributed by atoms with Crippen molar-refractivity contribution in [2.24, 2.45) is 0 Å². The number of rotatable bonds is 4. The van der Waals surface area contributed by atoms with Crippen LogP contribution in [0.5, 0.6) is 5.75 Å². The monoisotopic (exact) mass is 307 g/mol. The van der Waals surface area contributed by atoms with E-state index in [1.54, 1.807) is 7.11 Å². The summed E-state index contributed by atoms with van der Waals surface area (Å²) in [4.78, 5) is 19.8. The van der Waals surface area contributed by atoms with Crippen LogP contribution in [0, 0.1) is 0 Å². The topological polar surface area (TPSA) is 67.0 Å². The van der Waals surface area contributed by atoms with Gasteiger partial charge in [0.25, 0.3) is 0 Å². The van der Waals surface area contributed by atoms with Crippen molar-refractivity contribution < 1.29 is 9.53 Å². The molecule has 0 aliphatic carbocycles. The first-order valence-electron chi connectivity index (χ1n) is 6.81. The number of carbonyl (C=O) groups excluding carboxylic acids is 1. The minimum atomic E-state index is -0.229. The molecule has 0 saturated heterocycles. The number of benzene rings is 1. The Morgan fingerprint density at radius 2 is 2.14 bits per heavy atom. The van der Waals surface area contributed by atoms with Crippen molar-refractivity contribution in [1.82, 2.24) is 15.3 Å². The van der Waals surface area contributed by atoms with Gasteiger partial charge in [0.05, 0.1) is 23.4 Å². The third-order valence-corrected chi connectivity index (χ3v) is 3.81. The van der Waals surface area contributed by atoms with E-state index < -0.39 is 0 Å². The zero-order chi connectivity index (χ0) is 15.6. The smallest absolute Gasteiger partial charge is 0.233 e. The molecule has 2 aromatic rings. The number of H-pyrrole nitrogens is 1. The van der Waals surface area contributed by atoms with Crippen molar-refractivity contribution in [1.29, 1.82) is 0 Å². The summed E-state index contributed by atoms with van der Waals surface area (Å²) in [5.74, 6) is 0.784. The van der Waals surface area contributed by atoms with Crippen LogP contribution in [-0.4, -0.2) is 33.8 Å². The van der Waals surface area contributed by atoms with Crippen molar-refractivity contribution in [3.8, 4) is 5.75 Å². The molecule has 21 heavy (non-hydrogen) atoms. The standard InChI is InChI=1S/C15H21N3O2S/c1-9(13(19)18-15(2,3)4)21-14-16-11-7-6-10(20-5)8-12(11)17-14/h6-9H,1-5H3,(H,16,17)(H,18,19). The van der Waals surface area contributed by atoms with Crippen LogP contribution in [0.4, 0.5) is 0 Å². The van der Waals surface area contributed by atoms with Gasteiger partial charge in [-0.15, -0.1) is 0 Å². The fourth-order valence-corrected chi connectivity index (χ4v) is 2.66. The maximum Gasteiger partial charge on any atom is 0.233 e. The second-order valence-electron chi connectivity index (χ2n) is 5.92. The van der Waals surface area contributed by atoms with E-state index in [0.717, 1.165) is 21.9 Å². The molecule has 6 heteroatoms. The number of aromatic amines is 1. The van der Waals surface area contributed by atoms with Gasteiger partial charge in [-0.25, -0.2) is 4.98 Å². The molecule has 2 N–H and O–H groups in total. The van der Waals surface area contributed by atoms with Crippen molar-refractivity contribution >= 4 is 28.7 Å². The molecule has 0 spiro atoms. The normalized spacial score (nSPS) is 13.2. The van der Waals surface area contributed by atoms with Crippen molar-refractivity contribution in [2.75, 3.05) is 7.11 Å². The first kappa shape index (κ1) is 15.7. The van der Waals surface area contributed by atoms with E-state index in [1.165, 1.54) is 11.8 Å². The molecule has 0 aliphatic rings.